The number of nitrogens with one attached hydrogen (secondary N) is 2. The van der Waals surface area contributed by atoms with Crippen LogP contribution in [0.15, 0.2) is 30.5 Å². The van der Waals surface area contributed by atoms with Gasteiger partial charge >= 0.3 is 11.9 Å². The Balaban J connectivity index is 0.000000676. The Morgan fingerprint density at radius 2 is 1.84 bits per heavy atom. The van der Waals surface area contributed by atoms with Crippen LogP contribution in [0.5, 0.6) is 0 Å². The van der Waals surface area contributed by atoms with E-state index in [2.05, 4.69) is 75.8 Å². The molecule has 1 amide bonds. The van der Waals surface area contributed by atoms with Gasteiger partial charge in [-0.05, 0) is 70.1 Å². The Labute approximate surface area is 256 Å². The number of hydrogen-bond donors (Lipinski definition) is 3. The number of carboxylic acids is 1. The average Bonchev–Trinajstić information content (AvgIpc) is 3.18. The summed E-state index contributed by atoms with van der Waals surface area (Å²) in [5.41, 5.74) is 6.27. The number of aryl methyl sites for hydroxylation is 2. The average molecular weight is 617 g/mol. The van der Waals surface area contributed by atoms with Crippen LogP contribution in [0.1, 0.15) is 41.9 Å². The summed E-state index contributed by atoms with van der Waals surface area (Å²) in [6.45, 7) is 6.33. The molecule has 0 unspecified atom stereocenters. The highest BCUT2D eigenvalue weighted by Crippen LogP contribution is 2.33. The number of methoxy groups -OCH3 is 1. The summed E-state index contributed by atoms with van der Waals surface area (Å²) in [6, 6.07) is 8.36. The van der Waals surface area contributed by atoms with E-state index in [1.807, 2.05) is 13.2 Å². The van der Waals surface area contributed by atoms with Crippen LogP contribution >= 0.6 is 0 Å². The Morgan fingerprint density at radius 1 is 1.16 bits per heavy atom. The second kappa shape index (κ2) is 15.5. The van der Waals surface area contributed by atoms with Crippen molar-refractivity contribution < 1.29 is 28.2 Å². The van der Waals surface area contributed by atoms with Crippen LogP contribution in [0.2, 0.25) is 0 Å². The van der Waals surface area contributed by atoms with Gasteiger partial charge in [0.05, 0.1) is 18.0 Å². The smallest absolute Gasteiger partial charge is 0.374 e. The second-order valence-corrected chi connectivity index (χ2v) is 10.7. The first kappa shape index (κ1) is 34.3. The minimum atomic E-state index is -3.58. The van der Waals surface area contributed by atoms with Crippen molar-refractivity contribution in [2.45, 2.75) is 39.0 Å². The third kappa shape index (κ3) is 9.16. The van der Waals surface area contributed by atoms with Crippen molar-refractivity contribution in [2.24, 2.45) is 7.05 Å². The zero-order valence-electron chi connectivity index (χ0n) is 26.2. The Bertz CT molecular complexity index is 1410. The van der Waals surface area contributed by atoms with Crippen LogP contribution < -0.4 is 15.5 Å². The Hall–Kier alpha value is -4.17. The van der Waals surface area contributed by atoms with Crippen LogP contribution in [0, 0.1) is 0 Å². The minimum absolute atomic E-state index is 0.184. The van der Waals surface area contributed by atoms with Crippen LogP contribution in [0.3, 0.4) is 0 Å². The maximum absolute atomic E-state index is 12.8. The molecule has 0 fully saturated rings. The standard InChI is InChI=1S/C27H38N8O2.C3H4F2O2/c1-6-35(16-15-33(2)3)21-12-10-20(11-13-21)30-27-29-18-19-8-7-9-22-24(26(36)28-14-17-37-5)32-34(4)25(22)23(19)31-27;1-3(4,5)2(6)7/h10-13,18H,6-9,14-17H2,1-5H3,(H,28,36)(H,29,30,31);1H3,(H,6,7). The molecular weight excluding hydrogens is 574 g/mol. The fraction of sp³-hybridized carbons (Fsp3) is 0.500. The number of halogens is 2. The first-order valence-electron chi connectivity index (χ1n) is 14.4. The molecule has 4 rings (SSSR count). The van der Waals surface area contributed by atoms with E-state index < -0.39 is 11.9 Å². The maximum atomic E-state index is 12.8. The third-order valence-electron chi connectivity index (χ3n) is 6.98. The minimum Gasteiger partial charge on any atom is -0.477 e. The fourth-order valence-corrected chi connectivity index (χ4v) is 4.62. The molecule has 1 aliphatic carbocycles. The van der Waals surface area contributed by atoms with E-state index >= 15 is 0 Å². The summed E-state index contributed by atoms with van der Waals surface area (Å²) in [6.07, 6.45) is 4.41. The molecule has 0 aliphatic heterocycles. The first-order valence-corrected chi connectivity index (χ1v) is 14.4. The molecule has 3 N–H and O–H groups in total. The molecule has 0 radical (unpaired) electrons. The lowest BCUT2D eigenvalue weighted by Gasteiger charge is -2.25. The van der Waals surface area contributed by atoms with E-state index in [9.17, 15) is 18.4 Å². The van der Waals surface area contributed by atoms with Crippen molar-refractivity contribution in [2.75, 3.05) is 64.2 Å². The van der Waals surface area contributed by atoms with Crippen molar-refractivity contribution in [1.82, 2.24) is 30.0 Å². The van der Waals surface area contributed by atoms with Gasteiger partial charge in [0.1, 0.15) is 0 Å². The molecule has 1 aromatic carbocycles. The highest BCUT2D eigenvalue weighted by Gasteiger charge is 2.31. The van der Waals surface area contributed by atoms with Gasteiger partial charge in [-0.25, -0.2) is 14.8 Å². The molecule has 2 heterocycles. The molecule has 0 saturated heterocycles. The van der Waals surface area contributed by atoms with E-state index in [1.165, 1.54) is 5.69 Å². The fourth-order valence-electron chi connectivity index (χ4n) is 4.62. The quantitative estimate of drug-likeness (QED) is 0.259. The largest absolute Gasteiger partial charge is 0.477 e. The number of fused-ring (bicyclic) bond motifs is 3. The van der Waals surface area contributed by atoms with Crippen LogP contribution in [-0.2, 0) is 29.4 Å². The molecule has 2 aromatic heterocycles. The summed E-state index contributed by atoms with van der Waals surface area (Å²) in [7, 11) is 7.66. The number of carbonyl (C=O) groups is 2. The van der Waals surface area contributed by atoms with Crippen LogP contribution in [-0.4, -0.2) is 102 Å². The van der Waals surface area contributed by atoms with Gasteiger partial charge in [-0.2, -0.15) is 13.9 Å². The normalized spacial score (nSPS) is 12.4. The van der Waals surface area contributed by atoms with E-state index in [0.717, 1.165) is 67.1 Å². The molecule has 0 bridgehead atoms. The number of amides is 1. The highest BCUT2D eigenvalue weighted by molar-refractivity contribution is 5.95. The van der Waals surface area contributed by atoms with Crippen LogP contribution in [0.4, 0.5) is 26.1 Å². The summed E-state index contributed by atoms with van der Waals surface area (Å²) in [5.74, 6) is -5.34. The van der Waals surface area contributed by atoms with Gasteiger partial charge in [0, 0.05) is 70.4 Å². The monoisotopic (exact) mass is 616 g/mol. The number of carbonyl (C=O) groups excluding carboxylic acids is 1. The highest BCUT2D eigenvalue weighted by atomic mass is 19.3. The SMILES string of the molecule is CC(F)(F)C(=O)O.CCN(CCN(C)C)c1ccc(Nc2ncc3c(n2)-c2c(c(C(=O)NCCOC)nn2C)CCC3)cc1. The summed E-state index contributed by atoms with van der Waals surface area (Å²) in [5, 5.41) is 18.3. The number of ether oxygens (including phenoxy) is 1. The molecule has 44 heavy (non-hydrogen) atoms. The number of aliphatic carboxylic acids is 1. The van der Waals surface area contributed by atoms with Gasteiger partial charge in [-0.15, -0.1) is 0 Å². The van der Waals surface area contributed by atoms with Crippen molar-refractivity contribution in [3.8, 4) is 11.4 Å². The summed E-state index contributed by atoms with van der Waals surface area (Å²) < 4.78 is 29.3. The molecule has 14 heteroatoms. The number of anilines is 3. The van der Waals surface area contributed by atoms with Crippen molar-refractivity contribution >= 4 is 29.2 Å². The van der Waals surface area contributed by atoms with Crippen LogP contribution in [0.25, 0.3) is 11.4 Å². The molecule has 3 aromatic rings. The summed E-state index contributed by atoms with van der Waals surface area (Å²) in [4.78, 5) is 36.1. The molecular formula is C30H42F2N8O4. The van der Waals surface area contributed by atoms with Gasteiger partial charge in [-0.1, -0.05) is 0 Å². The third-order valence-corrected chi connectivity index (χ3v) is 6.98. The zero-order valence-corrected chi connectivity index (χ0v) is 26.2. The first-order chi connectivity index (χ1) is 20.8. The molecule has 0 saturated carbocycles. The molecule has 0 atom stereocenters. The van der Waals surface area contributed by atoms with Gasteiger partial charge in [0.2, 0.25) is 5.95 Å². The number of aromatic nitrogens is 4. The molecule has 12 nitrogen and oxygen atoms in total. The Kier molecular flexibility index (Phi) is 12.1. The van der Waals surface area contributed by atoms with Gasteiger partial charge in [-0.3, -0.25) is 9.48 Å². The number of benzene rings is 1. The number of nitrogens with zero attached hydrogens (tertiary/aromatic N) is 6. The van der Waals surface area contributed by atoms with Crippen molar-refractivity contribution in [3.63, 3.8) is 0 Å². The van der Waals surface area contributed by atoms with Crippen molar-refractivity contribution in [3.05, 3.63) is 47.3 Å². The number of alkyl halides is 2. The van der Waals surface area contributed by atoms with E-state index in [-0.39, 0.29) is 5.91 Å². The Morgan fingerprint density at radius 3 is 2.43 bits per heavy atom. The predicted molar refractivity (Wildman–Crippen MR) is 165 cm³/mol. The van der Waals surface area contributed by atoms with Gasteiger partial charge < -0.3 is 30.3 Å². The lowest BCUT2D eigenvalue weighted by Crippen LogP contribution is -2.31. The zero-order chi connectivity index (χ0) is 32.4. The second-order valence-electron chi connectivity index (χ2n) is 10.7. The molecule has 0 spiro atoms. The molecule has 240 valence electrons. The number of likely N-dealkylation sites (N-methyl/N-ethyl adjacent to an activating group) is 2. The van der Waals surface area contributed by atoms with E-state index in [1.54, 1.807) is 11.8 Å². The maximum Gasteiger partial charge on any atom is 0.374 e. The number of hydrogen-bond acceptors (Lipinski definition) is 9. The van der Waals surface area contributed by atoms with Gasteiger partial charge in [0.25, 0.3) is 5.91 Å². The van der Waals surface area contributed by atoms with E-state index in [4.69, 9.17) is 14.8 Å². The number of carboxylic acid groups (broad SMARTS) is 1. The summed E-state index contributed by atoms with van der Waals surface area (Å²) >= 11 is 0. The van der Waals surface area contributed by atoms with E-state index in [0.29, 0.717) is 31.7 Å². The predicted octanol–water partition coefficient (Wildman–Crippen LogP) is 3.60. The topological polar surface area (TPSA) is 138 Å². The number of rotatable bonds is 12. The van der Waals surface area contributed by atoms with Gasteiger partial charge in [0.15, 0.2) is 5.69 Å². The lowest BCUT2D eigenvalue weighted by atomic mass is 10.1. The molecule has 1 aliphatic rings. The van der Waals surface area contributed by atoms with Crippen molar-refractivity contribution in [1.29, 1.82) is 0 Å². The lowest BCUT2D eigenvalue weighted by molar-refractivity contribution is -0.161.